The van der Waals surface area contributed by atoms with Crippen LogP contribution in [0.2, 0.25) is 0 Å². The molecule has 1 unspecified atom stereocenters. The molecule has 2 rings (SSSR count). The first-order chi connectivity index (χ1) is 9.49. The van der Waals surface area contributed by atoms with Gasteiger partial charge in [-0.15, -0.1) is 0 Å². The van der Waals surface area contributed by atoms with Gasteiger partial charge in [-0.1, -0.05) is 43.3 Å². The van der Waals surface area contributed by atoms with Crippen molar-refractivity contribution < 1.29 is 4.74 Å². The molecule has 0 radical (unpaired) electrons. The van der Waals surface area contributed by atoms with Crippen LogP contribution in [-0.4, -0.2) is 18.2 Å². The zero-order valence-corrected chi connectivity index (χ0v) is 12.9. The molecule has 0 fully saturated rings. The quantitative estimate of drug-likeness (QED) is 0.871. The SMILES string of the molecule is CCC(CNC(C)(C)C)Oc1cccc2ccccc12. The first-order valence-electron chi connectivity index (χ1n) is 7.39. The smallest absolute Gasteiger partial charge is 0.127 e. The number of benzene rings is 2. The van der Waals surface area contributed by atoms with Gasteiger partial charge >= 0.3 is 0 Å². The Bertz CT molecular complexity index is 551. The van der Waals surface area contributed by atoms with Gasteiger partial charge in [0.25, 0.3) is 0 Å². The van der Waals surface area contributed by atoms with Crippen molar-refractivity contribution in [2.45, 2.75) is 45.8 Å². The number of ether oxygens (including phenoxy) is 1. The Morgan fingerprint density at radius 3 is 2.45 bits per heavy atom. The van der Waals surface area contributed by atoms with Crippen LogP contribution in [0, 0.1) is 0 Å². The lowest BCUT2D eigenvalue weighted by atomic mass is 10.1. The first kappa shape index (κ1) is 14.9. The molecular weight excluding hydrogens is 246 g/mol. The minimum absolute atomic E-state index is 0.121. The molecule has 20 heavy (non-hydrogen) atoms. The summed E-state index contributed by atoms with van der Waals surface area (Å²) in [6.07, 6.45) is 1.19. The highest BCUT2D eigenvalue weighted by Crippen LogP contribution is 2.26. The van der Waals surface area contributed by atoms with E-state index >= 15 is 0 Å². The predicted octanol–water partition coefficient (Wildman–Crippen LogP) is 4.39. The fraction of sp³-hybridized carbons (Fsp3) is 0.444. The van der Waals surface area contributed by atoms with Crippen LogP contribution in [0.1, 0.15) is 34.1 Å². The van der Waals surface area contributed by atoms with Gasteiger partial charge in [-0.25, -0.2) is 0 Å². The van der Waals surface area contributed by atoms with E-state index in [9.17, 15) is 0 Å². The number of hydrogen-bond acceptors (Lipinski definition) is 2. The third-order valence-corrected chi connectivity index (χ3v) is 3.36. The lowest BCUT2D eigenvalue weighted by Crippen LogP contribution is -2.42. The van der Waals surface area contributed by atoms with Gasteiger partial charge in [-0.2, -0.15) is 0 Å². The standard InChI is InChI=1S/C18H25NO/c1-5-15(13-19-18(2,3)4)20-17-12-8-10-14-9-6-7-11-16(14)17/h6-12,15,19H,5,13H2,1-4H3. The van der Waals surface area contributed by atoms with Crippen LogP contribution in [0.15, 0.2) is 42.5 Å². The van der Waals surface area contributed by atoms with Crippen molar-refractivity contribution in [1.82, 2.24) is 5.32 Å². The van der Waals surface area contributed by atoms with Crippen molar-refractivity contribution in [3.05, 3.63) is 42.5 Å². The molecule has 0 saturated carbocycles. The van der Waals surface area contributed by atoms with E-state index in [1.807, 2.05) is 0 Å². The molecule has 108 valence electrons. The summed E-state index contributed by atoms with van der Waals surface area (Å²) in [7, 11) is 0. The molecule has 0 aliphatic rings. The zero-order valence-electron chi connectivity index (χ0n) is 12.9. The predicted molar refractivity (Wildman–Crippen MR) is 86.4 cm³/mol. The Morgan fingerprint density at radius 1 is 1.05 bits per heavy atom. The molecule has 0 aliphatic carbocycles. The topological polar surface area (TPSA) is 21.3 Å². The molecule has 2 aromatic carbocycles. The van der Waals surface area contributed by atoms with Gasteiger partial charge in [0.1, 0.15) is 11.9 Å². The number of nitrogens with one attached hydrogen (secondary N) is 1. The first-order valence-corrected chi connectivity index (χ1v) is 7.39. The Kier molecular flexibility index (Phi) is 4.66. The molecule has 0 saturated heterocycles. The average Bonchev–Trinajstić information content (AvgIpc) is 2.42. The molecule has 0 spiro atoms. The van der Waals surface area contributed by atoms with Crippen molar-refractivity contribution >= 4 is 10.8 Å². The summed E-state index contributed by atoms with van der Waals surface area (Å²) >= 11 is 0. The molecule has 0 amide bonds. The minimum Gasteiger partial charge on any atom is -0.488 e. The van der Waals surface area contributed by atoms with Crippen LogP contribution in [0.3, 0.4) is 0 Å². The zero-order chi connectivity index (χ0) is 14.6. The molecule has 2 heteroatoms. The third-order valence-electron chi connectivity index (χ3n) is 3.36. The van der Waals surface area contributed by atoms with E-state index in [2.05, 4.69) is 75.5 Å². The maximum Gasteiger partial charge on any atom is 0.127 e. The highest BCUT2D eigenvalue weighted by Gasteiger charge is 2.15. The molecule has 0 aromatic heterocycles. The Morgan fingerprint density at radius 2 is 1.75 bits per heavy atom. The highest BCUT2D eigenvalue weighted by molar-refractivity contribution is 5.88. The van der Waals surface area contributed by atoms with Crippen LogP contribution in [-0.2, 0) is 0 Å². The van der Waals surface area contributed by atoms with Crippen molar-refractivity contribution in [3.8, 4) is 5.75 Å². The maximum absolute atomic E-state index is 6.21. The van der Waals surface area contributed by atoms with Crippen LogP contribution in [0.5, 0.6) is 5.75 Å². The average molecular weight is 271 g/mol. The summed E-state index contributed by atoms with van der Waals surface area (Å²) in [6, 6.07) is 14.6. The molecular formula is C18H25NO. The van der Waals surface area contributed by atoms with Crippen molar-refractivity contribution in [2.75, 3.05) is 6.54 Å². The maximum atomic E-state index is 6.21. The molecule has 0 heterocycles. The van der Waals surface area contributed by atoms with Crippen LogP contribution in [0.25, 0.3) is 10.8 Å². The molecule has 2 aromatic rings. The largest absolute Gasteiger partial charge is 0.488 e. The van der Waals surface area contributed by atoms with Crippen molar-refractivity contribution in [3.63, 3.8) is 0 Å². The second-order valence-corrected chi connectivity index (χ2v) is 6.26. The van der Waals surface area contributed by atoms with E-state index in [4.69, 9.17) is 4.74 Å². The van der Waals surface area contributed by atoms with Crippen LogP contribution >= 0.6 is 0 Å². The summed E-state index contributed by atoms with van der Waals surface area (Å²) < 4.78 is 6.21. The number of hydrogen-bond donors (Lipinski definition) is 1. The van der Waals surface area contributed by atoms with Gasteiger partial charge in [-0.05, 0) is 38.6 Å². The van der Waals surface area contributed by atoms with Gasteiger partial charge in [0.05, 0.1) is 0 Å². The van der Waals surface area contributed by atoms with Crippen molar-refractivity contribution in [1.29, 1.82) is 0 Å². The van der Waals surface area contributed by atoms with E-state index < -0.39 is 0 Å². The summed E-state index contributed by atoms with van der Waals surface area (Å²) in [6.45, 7) is 9.57. The van der Waals surface area contributed by atoms with E-state index in [1.165, 1.54) is 10.8 Å². The Labute approximate surface area is 122 Å². The van der Waals surface area contributed by atoms with Gasteiger partial charge in [-0.3, -0.25) is 0 Å². The van der Waals surface area contributed by atoms with Gasteiger partial charge in [0.15, 0.2) is 0 Å². The fourth-order valence-corrected chi connectivity index (χ4v) is 2.17. The summed E-state index contributed by atoms with van der Waals surface area (Å²) in [5.74, 6) is 0.977. The van der Waals surface area contributed by atoms with E-state index in [1.54, 1.807) is 0 Å². The third kappa shape index (κ3) is 3.97. The van der Waals surface area contributed by atoms with Gasteiger partial charge < -0.3 is 10.1 Å². The van der Waals surface area contributed by atoms with E-state index in [0.717, 1.165) is 18.7 Å². The number of fused-ring (bicyclic) bond motifs is 1. The summed E-state index contributed by atoms with van der Waals surface area (Å²) in [4.78, 5) is 0. The lowest BCUT2D eigenvalue weighted by molar-refractivity contribution is 0.183. The molecule has 0 aliphatic heterocycles. The molecule has 2 nitrogen and oxygen atoms in total. The number of rotatable bonds is 5. The summed E-state index contributed by atoms with van der Waals surface area (Å²) in [5.41, 5.74) is 0.121. The molecule has 1 atom stereocenters. The van der Waals surface area contributed by atoms with E-state index in [-0.39, 0.29) is 11.6 Å². The van der Waals surface area contributed by atoms with Crippen LogP contribution in [0.4, 0.5) is 0 Å². The molecule has 0 bridgehead atoms. The summed E-state index contributed by atoms with van der Waals surface area (Å²) in [5, 5.41) is 5.93. The fourth-order valence-electron chi connectivity index (χ4n) is 2.17. The lowest BCUT2D eigenvalue weighted by Gasteiger charge is -2.25. The van der Waals surface area contributed by atoms with Crippen molar-refractivity contribution in [2.24, 2.45) is 0 Å². The normalized spacial score (nSPS) is 13.4. The highest BCUT2D eigenvalue weighted by atomic mass is 16.5. The van der Waals surface area contributed by atoms with E-state index in [0.29, 0.717) is 0 Å². The second kappa shape index (κ2) is 6.27. The second-order valence-electron chi connectivity index (χ2n) is 6.26. The molecule has 1 N–H and O–H groups in total. The Balaban J connectivity index is 2.13. The monoisotopic (exact) mass is 271 g/mol. The van der Waals surface area contributed by atoms with Gasteiger partial charge in [0, 0.05) is 17.5 Å². The van der Waals surface area contributed by atoms with Gasteiger partial charge in [0.2, 0.25) is 0 Å². The van der Waals surface area contributed by atoms with Crippen LogP contribution < -0.4 is 10.1 Å². The Hall–Kier alpha value is -1.54. The minimum atomic E-state index is 0.121.